The SMILES string of the molecule is CN(CC(O)c1ccccc1)c1cc(N2CCN(CC(F)(F)F)CC2)ncn1. The Labute approximate surface area is 162 Å². The fourth-order valence-corrected chi connectivity index (χ4v) is 3.24. The summed E-state index contributed by atoms with van der Waals surface area (Å²) >= 11 is 0. The lowest BCUT2D eigenvalue weighted by molar-refractivity contribution is -0.146. The third-order valence-corrected chi connectivity index (χ3v) is 4.76. The van der Waals surface area contributed by atoms with E-state index in [1.54, 1.807) is 6.07 Å². The third-order valence-electron chi connectivity index (χ3n) is 4.76. The number of anilines is 2. The summed E-state index contributed by atoms with van der Waals surface area (Å²) in [6, 6.07) is 11.2. The lowest BCUT2D eigenvalue weighted by Gasteiger charge is -2.35. The van der Waals surface area contributed by atoms with Crippen LogP contribution in [0.1, 0.15) is 11.7 Å². The molecule has 1 N–H and O–H groups in total. The van der Waals surface area contributed by atoms with E-state index in [2.05, 4.69) is 9.97 Å². The summed E-state index contributed by atoms with van der Waals surface area (Å²) in [6.07, 6.45) is -3.39. The molecule has 0 aliphatic carbocycles. The summed E-state index contributed by atoms with van der Waals surface area (Å²) in [6.45, 7) is 1.10. The Hall–Kier alpha value is -2.39. The number of hydrogen-bond acceptors (Lipinski definition) is 6. The molecule has 0 bridgehead atoms. The van der Waals surface area contributed by atoms with Gasteiger partial charge in [0.2, 0.25) is 0 Å². The van der Waals surface area contributed by atoms with Gasteiger partial charge in [0.25, 0.3) is 0 Å². The Morgan fingerprint density at radius 1 is 1.11 bits per heavy atom. The zero-order valence-corrected chi connectivity index (χ0v) is 15.7. The van der Waals surface area contributed by atoms with E-state index >= 15 is 0 Å². The fraction of sp³-hybridized carbons (Fsp3) is 0.474. The van der Waals surface area contributed by atoms with Gasteiger partial charge in [0.1, 0.15) is 18.0 Å². The number of piperazine rings is 1. The first-order valence-corrected chi connectivity index (χ1v) is 9.12. The van der Waals surface area contributed by atoms with Gasteiger partial charge in [-0.1, -0.05) is 30.3 Å². The van der Waals surface area contributed by atoms with Crippen LogP contribution in [0.25, 0.3) is 0 Å². The zero-order chi connectivity index (χ0) is 20.1. The molecular formula is C19H24F3N5O. The molecular weight excluding hydrogens is 371 g/mol. The number of aliphatic hydroxyl groups is 1. The van der Waals surface area contributed by atoms with E-state index in [1.165, 1.54) is 11.2 Å². The van der Waals surface area contributed by atoms with Crippen molar-refractivity contribution in [3.8, 4) is 0 Å². The van der Waals surface area contributed by atoms with Crippen LogP contribution in [0, 0.1) is 0 Å². The van der Waals surface area contributed by atoms with Gasteiger partial charge in [0.05, 0.1) is 12.6 Å². The molecule has 1 unspecified atom stereocenters. The van der Waals surface area contributed by atoms with Gasteiger partial charge in [-0.3, -0.25) is 4.90 Å². The smallest absolute Gasteiger partial charge is 0.387 e. The molecule has 1 aliphatic rings. The Balaban J connectivity index is 1.59. The van der Waals surface area contributed by atoms with E-state index in [4.69, 9.17) is 0 Å². The monoisotopic (exact) mass is 395 g/mol. The quantitative estimate of drug-likeness (QED) is 0.810. The standard InChI is InChI=1S/C19H24F3N5O/c1-25(12-16(28)15-5-3-2-4-6-15)17-11-18(24-14-23-17)27-9-7-26(8-10-27)13-19(20,21)22/h2-6,11,14,16,28H,7-10,12-13H2,1H3. The van der Waals surface area contributed by atoms with Gasteiger partial charge in [0.15, 0.2) is 0 Å². The van der Waals surface area contributed by atoms with Crippen LogP contribution in [-0.2, 0) is 0 Å². The number of hydrogen-bond donors (Lipinski definition) is 1. The van der Waals surface area contributed by atoms with Gasteiger partial charge in [0, 0.05) is 45.8 Å². The first kappa shape index (κ1) is 20.3. The molecule has 0 radical (unpaired) electrons. The van der Waals surface area contributed by atoms with Crippen molar-refractivity contribution in [2.75, 3.05) is 56.1 Å². The van der Waals surface area contributed by atoms with E-state index in [9.17, 15) is 18.3 Å². The lowest BCUT2D eigenvalue weighted by Crippen LogP contribution is -2.49. The first-order valence-electron chi connectivity index (χ1n) is 9.12. The van der Waals surface area contributed by atoms with Crippen LogP contribution in [0.4, 0.5) is 24.8 Å². The zero-order valence-electron chi connectivity index (χ0n) is 15.7. The second kappa shape index (κ2) is 8.74. The van der Waals surface area contributed by atoms with Crippen LogP contribution >= 0.6 is 0 Å². The molecule has 0 saturated carbocycles. The molecule has 28 heavy (non-hydrogen) atoms. The van der Waals surface area contributed by atoms with Crippen molar-refractivity contribution in [1.82, 2.24) is 14.9 Å². The molecule has 1 fully saturated rings. The fourth-order valence-electron chi connectivity index (χ4n) is 3.24. The van der Waals surface area contributed by atoms with Crippen LogP contribution in [0.2, 0.25) is 0 Å². The van der Waals surface area contributed by atoms with Gasteiger partial charge in [-0.15, -0.1) is 0 Å². The van der Waals surface area contributed by atoms with Gasteiger partial charge >= 0.3 is 6.18 Å². The average Bonchev–Trinajstić information content (AvgIpc) is 2.68. The number of likely N-dealkylation sites (N-methyl/N-ethyl adjacent to an activating group) is 1. The molecule has 1 saturated heterocycles. The topological polar surface area (TPSA) is 55.7 Å². The van der Waals surface area contributed by atoms with Crippen LogP contribution in [0.3, 0.4) is 0 Å². The Kier molecular flexibility index (Phi) is 6.35. The van der Waals surface area contributed by atoms with Gasteiger partial charge < -0.3 is 14.9 Å². The minimum atomic E-state index is -4.17. The molecule has 6 nitrogen and oxygen atoms in total. The summed E-state index contributed by atoms with van der Waals surface area (Å²) in [4.78, 5) is 13.7. The first-order chi connectivity index (χ1) is 13.3. The highest BCUT2D eigenvalue weighted by Gasteiger charge is 2.32. The van der Waals surface area contributed by atoms with Crippen molar-refractivity contribution in [3.05, 3.63) is 48.3 Å². The van der Waals surface area contributed by atoms with E-state index in [0.29, 0.717) is 44.4 Å². The maximum atomic E-state index is 12.5. The van der Waals surface area contributed by atoms with Crippen LogP contribution in [-0.4, -0.2) is 72.5 Å². The molecule has 1 aliphatic heterocycles. The molecule has 1 atom stereocenters. The summed E-state index contributed by atoms with van der Waals surface area (Å²) in [5.41, 5.74) is 0.824. The normalized spacial score (nSPS) is 16.8. The molecule has 1 aromatic carbocycles. The highest BCUT2D eigenvalue weighted by molar-refractivity contribution is 5.50. The molecule has 1 aromatic heterocycles. The number of alkyl halides is 3. The summed E-state index contributed by atoms with van der Waals surface area (Å²) in [5, 5.41) is 10.4. The van der Waals surface area contributed by atoms with Gasteiger partial charge in [-0.2, -0.15) is 13.2 Å². The lowest BCUT2D eigenvalue weighted by atomic mass is 10.1. The third kappa shape index (κ3) is 5.56. The van der Waals surface area contributed by atoms with Crippen LogP contribution in [0.15, 0.2) is 42.7 Å². The second-order valence-corrected chi connectivity index (χ2v) is 6.92. The number of benzene rings is 1. The number of halogens is 3. The van der Waals surface area contributed by atoms with Crippen molar-refractivity contribution >= 4 is 11.6 Å². The van der Waals surface area contributed by atoms with Gasteiger partial charge in [-0.05, 0) is 5.56 Å². The van der Waals surface area contributed by atoms with E-state index in [-0.39, 0.29) is 0 Å². The van der Waals surface area contributed by atoms with Crippen molar-refractivity contribution in [2.24, 2.45) is 0 Å². The molecule has 9 heteroatoms. The van der Waals surface area contributed by atoms with Crippen molar-refractivity contribution < 1.29 is 18.3 Å². The minimum absolute atomic E-state index is 0.335. The number of nitrogens with zero attached hydrogens (tertiary/aromatic N) is 5. The molecule has 3 rings (SSSR count). The Morgan fingerprint density at radius 2 is 1.79 bits per heavy atom. The maximum absolute atomic E-state index is 12.5. The molecule has 0 spiro atoms. The highest BCUT2D eigenvalue weighted by atomic mass is 19.4. The Bertz CT molecular complexity index is 751. The average molecular weight is 395 g/mol. The number of aliphatic hydroxyl groups excluding tert-OH is 1. The van der Waals surface area contributed by atoms with Crippen molar-refractivity contribution in [2.45, 2.75) is 12.3 Å². The highest BCUT2D eigenvalue weighted by Crippen LogP contribution is 2.22. The summed E-state index contributed by atoms with van der Waals surface area (Å²) < 4.78 is 37.6. The van der Waals surface area contributed by atoms with E-state index < -0.39 is 18.8 Å². The minimum Gasteiger partial charge on any atom is -0.387 e. The largest absolute Gasteiger partial charge is 0.401 e. The van der Waals surface area contributed by atoms with Crippen LogP contribution in [0.5, 0.6) is 0 Å². The van der Waals surface area contributed by atoms with Gasteiger partial charge in [-0.25, -0.2) is 9.97 Å². The summed E-state index contributed by atoms with van der Waals surface area (Å²) in [5.74, 6) is 1.33. The maximum Gasteiger partial charge on any atom is 0.401 e. The predicted octanol–water partition coefficient (Wildman–Crippen LogP) is 2.33. The second-order valence-electron chi connectivity index (χ2n) is 6.92. The number of rotatable bonds is 6. The van der Waals surface area contributed by atoms with Crippen molar-refractivity contribution in [3.63, 3.8) is 0 Å². The summed E-state index contributed by atoms with van der Waals surface area (Å²) in [7, 11) is 1.83. The molecule has 152 valence electrons. The molecule has 2 aromatic rings. The predicted molar refractivity (Wildman–Crippen MR) is 101 cm³/mol. The molecule has 0 amide bonds. The Morgan fingerprint density at radius 3 is 2.43 bits per heavy atom. The van der Waals surface area contributed by atoms with E-state index in [1.807, 2.05) is 47.2 Å². The van der Waals surface area contributed by atoms with E-state index in [0.717, 1.165) is 5.56 Å². The number of aromatic nitrogens is 2. The van der Waals surface area contributed by atoms with Crippen molar-refractivity contribution in [1.29, 1.82) is 0 Å². The molecule has 2 heterocycles. The van der Waals surface area contributed by atoms with Crippen LogP contribution < -0.4 is 9.80 Å².